The van der Waals surface area contributed by atoms with Crippen molar-refractivity contribution in [2.75, 3.05) is 4.72 Å². The van der Waals surface area contributed by atoms with Gasteiger partial charge in [-0.1, -0.05) is 24.3 Å². The van der Waals surface area contributed by atoms with Crippen molar-refractivity contribution in [2.45, 2.75) is 11.4 Å². The van der Waals surface area contributed by atoms with E-state index in [1.807, 2.05) is 0 Å². The third-order valence-corrected chi connectivity index (χ3v) is 4.72. The molecule has 0 radical (unpaired) electrons. The van der Waals surface area contributed by atoms with E-state index in [0.717, 1.165) is 6.07 Å². The molecule has 3 rings (SSSR count). The molecule has 1 heterocycles. The maximum atomic E-state index is 13.6. The average Bonchev–Trinajstić information content (AvgIpc) is 3.03. The minimum atomic E-state index is -4.10. The highest BCUT2D eigenvalue weighted by Crippen LogP contribution is 2.19. The molecule has 26 heavy (non-hydrogen) atoms. The number of anilines is 1. The summed E-state index contributed by atoms with van der Waals surface area (Å²) in [6.07, 6.45) is 1.25. The third kappa shape index (κ3) is 3.83. The van der Waals surface area contributed by atoms with Gasteiger partial charge in [0.05, 0.1) is 16.4 Å². The Kier molecular flexibility index (Phi) is 4.63. The quantitative estimate of drug-likeness (QED) is 0.519. The van der Waals surface area contributed by atoms with Gasteiger partial charge in [-0.15, -0.1) is 5.10 Å². The fraction of sp³-hybridized carbons (Fsp3) is 0.0667. The largest absolute Gasteiger partial charge is 0.270 e. The molecule has 0 saturated heterocycles. The number of rotatable bonds is 6. The fourth-order valence-electron chi connectivity index (χ4n) is 2.16. The smallest absolute Gasteiger partial charge is 0.258 e. The predicted octanol–water partition coefficient (Wildman–Crippen LogP) is 2.17. The standard InChI is InChI=1S/C15H12FN5O4S/c16-14-7-2-1-4-11(14)9-20-10-17-15(18-20)19-26(24,25)13-6-3-5-12(8-13)21(22)23/h1-8,10H,9H2,(H,18,19). The highest BCUT2D eigenvalue weighted by atomic mass is 32.2. The highest BCUT2D eigenvalue weighted by molar-refractivity contribution is 7.92. The van der Waals surface area contributed by atoms with Gasteiger partial charge in [-0.25, -0.2) is 22.2 Å². The summed E-state index contributed by atoms with van der Waals surface area (Å²) in [7, 11) is -4.10. The number of nitrogens with one attached hydrogen (secondary N) is 1. The SMILES string of the molecule is O=[N+]([O-])c1cccc(S(=O)(=O)Nc2ncn(Cc3ccccc3F)n2)c1. The molecule has 2 aromatic carbocycles. The lowest BCUT2D eigenvalue weighted by Crippen LogP contribution is -2.14. The Labute approximate surface area is 147 Å². The number of hydrogen-bond acceptors (Lipinski definition) is 6. The van der Waals surface area contributed by atoms with Crippen molar-refractivity contribution >= 4 is 21.7 Å². The Morgan fingerprint density at radius 1 is 1.19 bits per heavy atom. The fourth-order valence-corrected chi connectivity index (χ4v) is 3.15. The normalized spacial score (nSPS) is 11.3. The van der Waals surface area contributed by atoms with Crippen LogP contribution in [0.25, 0.3) is 0 Å². The van der Waals surface area contributed by atoms with E-state index in [-0.39, 0.29) is 23.1 Å². The van der Waals surface area contributed by atoms with Crippen LogP contribution in [0.4, 0.5) is 16.0 Å². The summed E-state index contributed by atoms with van der Waals surface area (Å²) in [4.78, 5) is 13.6. The summed E-state index contributed by atoms with van der Waals surface area (Å²) in [5, 5.41) is 14.7. The first-order chi connectivity index (χ1) is 12.3. The molecular weight excluding hydrogens is 365 g/mol. The van der Waals surface area contributed by atoms with Gasteiger partial charge >= 0.3 is 0 Å². The van der Waals surface area contributed by atoms with Crippen LogP contribution >= 0.6 is 0 Å². The third-order valence-electron chi connectivity index (χ3n) is 3.39. The van der Waals surface area contributed by atoms with Crippen LogP contribution < -0.4 is 4.72 Å². The van der Waals surface area contributed by atoms with Crippen molar-refractivity contribution in [2.24, 2.45) is 0 Å². The molecule has 0 fully saturated rings. The van der Waals surface area contributed by atoms with Gasteiger partial charge in [0.25, 0.3) is 21.7 Å². The van der Waals surface area contributed by atoms with E-state index < -0.39 is 20.8 Å². The topological polar surface area (TPSA) is 120 Å². The first kappa shape index (κ1) is 17.5. The molecule has 0 aliphatic heterocycles. The van der Waals surface area contributed by atoms with Crippen LogP contribution in [-0.4, -0.2) is 28.1 Å². The van der Waals surface area contributed by atoms with Crippen LogP contribution in [-0.2, 0) is 16.6 Å². The molecule has 0 aliphatic carbocycles. The minimum Gasteiger partial charge on any atom is -0.258 e. The molecule has 0 bridgehead atoms. The number of nitrogens with zero attached hydrogens (tertiary/aromatic N) is 4. The molecule has 1 aromatic heterocycles. The Morgan fingerprint density at radius 3 is 2.69 bits per heavy atom. The number of nitro groups is 1. The van der Waals surface area contributed by atoms with Crippen LogP contribution in [0, 0.1) is 15.9 Å². The lowest BCUT2D eigenvalue weighted by Gasteiger charge is -2.05. The van der Waals surface area contributed by atoms with Gasteiger partial charge in [-0.3, -0.25) is 10.1 Å². The summed E-state index contributed by atoms with van der Waals surface area (Å²) >= 11 is 0. The van der Waals surface area contributed by atoms with Crippen LogP contribution in [0.15, 0.2) is 59.8 Å². The average molecular weight is 377 g/mol. The van der Waals surface area contributed by atoms with Gasteiger partial charge in [0.1, 0.15) is 12.1 Å². The summed E-state index contributed by atoms with van der Waals surface area (Å²) < 4.78 is 41.7. The monoisotopic (exact) mass is 377 g/mol. The maximum Gasteiger partial charge on any atom is 0.270 e. The maximum absolute atomic E-state index is 13.6. The van der Waals surface area contributed by atoms with Crippen LogP contribution in [0.5, 0.6) is 0 Å². The van der Waals surface area contributed by atoms with E-state index in [9.17, 15) is 22.9 Å². The Bertz CT molecular complexity index is 1070. The van der Waals surface area contributed by atoms with Crippen molar-refractivity contribution < 1.29 is 17.7 Å². The molecule has 0 amide bonds. The van der Waals surface area contributed by atoms with Gasteiger partial charge in [0, 0.05) is 17.7 Å². The van der Waals surface area contributed by atoms with E-state index in [4.69, 9.17) is 0 Å². The minimum absolute atomic E-state index is 0.0677. The number of halogens is 1. The molecule has 1 N–H and O–H groups in total. The molecule has 0 spiro atoms. The number of sulfonamides is 1. The second kappa shape index (κ2) is 6.88. The van der Waals surface area contributed by atoms with Crippen LogP contribution in [0.3, 0.4) is 0 Å². The number of benzene rings is 2. The Balaban J connectivity index is 1.79. The Hall–Kier alpha value is -3.34. The molecule has 9 nitrogen and oxygen atoms in total. The van der Waals surface area contributed by atoms with Gasteiger partial charge in [-0.2, -0.15) is 4.98 Å². The van der Waals surface area contributed by atoms with Crippen molar-refractivity contribution in [3.63, 3.8) is 0 Å². The van der Waals surface area contributed by atoms with Crippen LogP contribution in [0.2, 0.25) is 0 Å². The molecule has 0 saturated carbocycles. The van der Waals surface area contributed by atoms with Gasteiger partial charge in [0.15, 0.2) is 0 Å². The number of nitro benzene ring substituents is 1. The first-order valence-corrected chi connectivity index (χ1v) is 8.73. The van der Waals surface area contributed by atoms with Crippen molar-refractivity contribution in [1.82, 2.24) is 14.8 Å². The molecule has 3 aromatic rings. The molecule has 0 aliphatic rings. The van der Waals surface area contributed by atoms with Crippen LogP contribution in [0.1, 0.15) is 5.56 Å². The molecular formula is C15H12FN5O4S. The zero-order valence-electron chi connectivity index (χ0n) is 13.1. The zero-order valence-corrected chi connectivity index (χ0v) is 13.9. The van der Waals surface area contributed by atoms with E-state index in [1.54, 1.807) is 18.2 Å². The zero-order chi connectivity index (χ0) is 18.7. The molecule has 11 heteroatoms. The van der Waals surface area contributed by atoms with Crippen molar-refractivity contribution in [3.8, 4) is 0 Å². The van der Waals surface area contributed by atoms with E-state index in [0.29, 0.717) is 5.56 Å². The highest BCUT2D eigenvalue weighted by Gasteiger charge is 2.19. The van der Waals surface area contributed by atoms with Gasteiger partial charge < -0.3 is 0 Å². The van der Waals surface area contributed by atoms with E-state index in [1.165, 1.54) is 35.3 Å². The second-order valence-electron chi connectivity index (χ2n) is 5.22. The van der Waals surface area contributed by atoms with Crippen molar-refractivity contribution in [3.05, 3.63) is 76.4 Å². The lowest BCUT2D eigenvalue weighted by atomic mass is 10.2. The molecule has 0 unspecified atom stereocenters. The summed E-state index contributed by atoms with van der Waals surface area (Å²) in [6.45, 7) is 0.0677. The number of hydrogen-bond donors (Lipinski definition) is 1. The number of non-ortho nitro benzene ring substituents is 1. The predicted molar refractivity (Wildman–Crippen MR) is 89.4 cm³/mol. The Morgan fingerprint density at radius 2 is 1.96 bits per heavy atom. The summed E-state index contributed by atoms with van der Waals surface area (Å²) in [6, 6.07) is 10.7. The van der Waals surface area contributed by atoms with E-state index in [2.05, 4.69) is 14.8 Å². The summed E-state index contributed by atoms with van der Waals surface area (Å²) in [5.74, 6) is -0.644. The van der Waals surface area contributed by atoms with E-state index >= 15 is 0 Å². The van der Waals surface area contributed by atoms with Gasteiger partial charge in [0.2, 0.25) is 0 Å². The second-order valence-corrected chi connectivity index (χ2v) is 6.90. The first-order valence-electron chi connectivity index (χ1n) is 7.25. The molecule has 134 valence electrons. The van der Waals surface area contributed by atoms with Gasteiger partial charge in [-0.05, 0) is 12.1 Å². The number of aromatic nitrogens is 3. The lowest BCUT2D eigenvalue weighted by molar-refractivity contribution is -0.385. The van der Waals surface area contributed by atoms with Crippen molar-refractivity contribution in [1.29, 1.82) is 0 Å². The summed E-state index contributed by atoms with van der Waals surface area (Å²) in [5.41, 5.74) is 0.0106. The molecule has 0 atom stereocenters.